The van der Waals surface area contributed by atoms with E-state index in [4.69, 9.17) is 0 Å². The largest absolute Gasteiger partial charge is 0.507 e. The molecule has 1 N–H and O–H groups in total. The summed E-state index contributed by atoms with van der Waals surface area (Å²) < 4.78 is 30.9. The van der Waals surface area contributed by atoms with Gasteiger partial charge >= 0.3 is 5.97 Å². The second-order valence-electron chi connectivity index (χ2n) is 5.18. The number of esters is 1. The van der Waals surface area contributed by atoms with Gasteiger partial charge < -0.3 is 9.84 Å². The normalized spacial score (nSPS) is 13.5. The first-order valence-corrected chi connectivity index (χ1v) is 7.96. The molecule has 0 saturated carbocycles. The Morgan fingerprint density at radius 1 is 1.29 bits per heavy atom. The van der Waals surface area contributed by atoms with E-state index < -0.39 is 16.0 Å². The third-order valence-corrected chi connectivity index (χ3v) is 5.53. The SMILES string of the molecule is COC(=O)c1cc(S(=O)(=O)N(C)C(C)C(C)C)ccc1O. The van der Waals surface area contributed by atoms with Gasteiger partial charge in [0.25, 0.3) is 0 Å². The van der Waals surface area contributed by atoms with Gasteiger partial charge in [-0.15, -0.1) is 0 Å². The van der Waals surface area contributed by atoms with E-state index >= 15 is 0 Å². The van der Waals surface area contributed by atoms with Crippen LogP contribution in [0.3, 0.4) is 0 Å². The topological polar surface area (TPSA) is 83.9 Å². The molecule has 0 amide bonds. The molecular weight excluding hydrogens is 294 g/mol. The van der Waals surface area contributed by atoms with Gasteiger partial charge in [-0.05, 0) is 31.0 Å². The number of aromatic hydroxyl groups is 1. The Kier molecular flexibility index (Phi) is 5.36. The van der Waals surface area contributed by atoms with Gasteiger partial charge in [0, 0.05) is 13.1 Å². The number of nitrogens with zero attached hydrogens (tertiary/aromatic N) is 1. The highest BCUT2D eigenvalue weighted by Crippen LogP contribution is 2.25. The van der Waals surface area contributed by atoms with Gasteiger partial charge in [0.05, 0.1) is 12.0 Å². The Bertz CT molecular complexity index is 624. The number of phenolic OH excluding ortho intramolecular Hbond substituents is 1. The number of carbonyl (C=O) groups is 1. The molecule has 118 valence electrons. The molecule has 0 spiro atoms. The lowest BCUT2D eigenvalue weighted by Gasteiger charge is -2.27. The number of methoxy groups -OCH3 is 1. The van der Waals surface area contributed by atoms with E-state index in [1.807, 2.05) is 20.8 Å². The van der Waals surface area contributed by atoms with Crippen molar-refractivity contribution in [2.75, 3.05) is 14.2 Å². The van der Waals surface area contributed by atoms with Crippen molar-refractivity contribution in [3.8, 4) is 5.75 Å². The molecule has 1 aromatic carbocycles. The summed E-state index contributed by atoms with van der Waals surface area (Å²) in [4.78, 5) is 11.5. The van der Waals surface area contributed by atoms with Crippen molar-refractivity contribution in [2.24, 2.45) is 5.92 Å². The number of hydrogen-bond acceptors (Lipinski definition) is 5. The summed E-state index contributed by atoms with van der Waals surface area (Å²) in [6, 6.07) is 3.36. The predicted molar refractivity (Wildman–Crippen MR) is 78.7 cm³/mol. The van der Waals surface area contributed by atoms with Crippen molar-refractivity contribution in [1.82, 2.24) is 4.31 Å². The van der Waals surface area contributed by atoms with Crippen molar-refractivity contribution >= 4 is 16.0 Å². The van der Waals surface area contributed by atoms with Crippen LogP contribution in [0.5, 0.6) is 5.75 Å². The molecule has 0 aliphatic rings. The first-order chi connectivity index (χ1) is 9.62. The fourth-order valence-electron chi connectivity index (χ4n) is 1.75. The summed E-state index contributed by atoms with van der Waals surface area (Å²) in [5.41, 5.74) is -0.177. The highest BCUT2D eigenvalue weighted by atomic mass is 32.2. The zero-order chi connectivity index (χ0) is 16.4. The number of sulfonamides is 1. The van der Waals surface area contributed by atoms with Crippen LogP contribution in [-0.2, 0) is 14.8 Å². The first kappa shape index (κ1) is 17.5. The Morgan fingerprint density at radius 3 is 2.33 bits per heavy atom. The minimum absolute atomic E-state index is 0.0595. The molecule has 1 unspecified atom stereocenters. The average Bonchev–Trinajstić information content (AvgIpc) is 2.44. The summed E-state index contributed by atoms with van der Waals surface area (Å²) in [6.45, 7) is 5.66. The number of phenols is 1. The van der Waals surface area contributed by atoms with Crippen LogP contribution < -0.4 is 0 Å². The molecule has 1 atom stereocenters. The van der Waals surface area contributed by atoms with E-state index in [1.54, 1.807) is 0 Å². The van der Waals surface area contributed by atoms with E-state index in [9.17, 15) is 18.3 Å². The van der Waals surface area contributed by atoms with Gasteiger partial charge in [0.2, 0.25) is 10.0 Å². The number of ether oxygens (including phenoxy) is 1. The second-order valence-corrected chi connectivity index (χ2v) is 7.17. The third kappa shape index (κ3) is 3.54. The third-order valence-electron chi connectivity index (χ3n) is 3.59. The Morgan fingerprint density at radius 2 is 1.86 bits per heavy atom. The summed E-state index contributed by atoms with van der Waals surface area (Å²) in [5.74, 6) is -0.966. The predicted octanol–water partition coefficient (Wildman–Crippen LogP) is 1.84. The maximum atomic E-state index is 12.5. The molecular formula is C14H21NO5S. The molecule has 1 aromatic rings. The first-order valence-electron chi connectivity index (χ1n) is 6.52. The molecule has 0 saturated heterocycles. The van der Waals surface area contributed by atoms with Gasteiger partial charge in [-0.2, -0.15) is 4.31 Å². The zero-order valence-corrected chi connectivity index (χ0v) is 13.6. The monoisotopic (exact) mass is 315 g/mol. The molecule has 21 heavy (non-hydrogen) atoms. The highest BCUT2D eigenvalue weighted by molar-refractivity contribution is 7.89. The standard InChI is InChI=1S/C14H21NO5S/c1-9(2)10(3)15(4)21(18,19)11-6-7-13(16)12(8-11)14(17)20-5/h6-10,16H,1-5H3. The quantitative estimate of drug-likeness (QED) is 0.838. The minimum Gasteiger partial charge on any atom is -0.507 e. The lowest BCUT2D eigenvalue weighted by molar-refractivity contribution is 0.0597. The van der Waals surface area contributed by atoms with Crippen LogP contribution in [0, 0.1) is 5.92 Å². The van der Waals surface area contributed by atoms with Crippen molar-refractivity contribution in [2.45, 2.75) is 31.7 Å². The molecule has 1 rings (SSSR count). The van der Waals surface area contributed by atoms with E-state index in [-0.39, 0.29) is 28.2 Å². The molecule has 0 bridgehead atoms. The molecule has 0 fully saturated rings. The minimum atomic E-state index is -3.75. The fourth-order valence-corrected chi connectivity index (χ4v) is 3.27. The summed E-state index contributed by atoms with van der Waals surface area (Å²) in [5, 5.41) is 9.63. The van der Waals surface area contributed by atoms with E-state index in [2.05, 4.69) is 4.74 Å². The van der Waals surface area contributed by atoms with Crippen LogP contribution in [0.1, 0.15) is 31.1 Å². The van der Waals surface area contributed by atoms with Crippen LogP contribution in [0.25, 0.3) is 0 Å². The summed E-state index contributed by atoms with van der Waals surface area (Å²) >= 11 is 0. The average molecular weight is 315 g/mol. The van der Waals surface area contributed by atoms with Crippen LogP contribution in [-0.4, -0.2) is 44.0 Å². The lowest BCUT2D eigenvalue weighted by atomic mass is 10.1. The summed E-state index contributed by atoms with van der Waals surface area (Å²) in [7, 11) is -1.10. The van der Waals surface area contributed by atoms with Crippen molar-refractivity contribution in [3.63, 3.8) is 0 Å². The zero-order valence-electron chi connectivity index (χ0n) is 12.8. The number of rotatable bonds is 5. The van der Waals surface area contributed by atoms with Crippen molar-refractivity contribution in [1.29, 1.82) is 0 Å². The number of carbonyl (C=O) groups excluding carboxylic acids is 1. The van der Waals surface area contributed by atoms with Crippen LogP contribution in [0.15, 0.2) is 23.1 Å². The Labute approximate surface area is 125 Å². The van der Waals surface area contributed by atoms with E-state index in [0.29, 0.717) is 0 Å². The van der Waals surface area contributed by atoms with Gasteiger partial charge in [-0.3, -0.25) is 0 Å². The highest BCUT2D eigenvalue weighted by Gasteiger charge is 2.28. The smallest absolute Gasteiger partial charge is 0.341 e. The van der Waals surface area contributed by atoms with E-state index in [1.165, 1.54) is 23.5 Å². The number of benzene rings is 1. The molecule has 0 aromatic heterocycles. The van der Waals surface area contributed by atoms with Gasteiger partial charge in [0.15, 0.2) is 0 Å². The van der Waals surface area contributed by atoms with Crippen LogP contribution in [0.2, 0.25) is 0 Å². The van der Waals surface area contributed by atoms with Crippen molar-refractivity contribution in [3.05, 3.63) is 23.8 Å². The van der Waals surface area contributed by atoms with E-state index in [0.717, 1.165) is 13.2 Å². The Balaban J connectivity index is 3.30. The Hall–Kier alpha value is -1.60. The molecule has 0 aliphatic carbocycles. The summed E-state index contributed by atoms with van der Waals surface area (Å²) in [6.07, 6.45) is 0. The van der Waals surface area contributed by atoms with Crippen LogP contribution >= 0.6 is 0 Å². The molecule has 6 nitrogen and oxygen atoms in total. The van der Waals surface area contributed by atoms with Crippen LogP contribution in [0.4, 0.5) is 0 Å². The second kappa shape index (κ2) is 6.44. The van der Waals surface area contributed by atoms with Gasteiger partial charge in [-0.1, -0.05) is 13.8 Å². The molecule has 0 aliphatic heterocycles. The molecule has 0 radical (unpaired) electrons. The molecule has 7 heteroatoms. The lowest BCUT2D eigenvalue weighted by Crippen LogP contribution is -2.38. The number of hydrogen-bond donors (Lipinski definition) is 1. The van der Waals surface area contributed by atoms with Gasteiger partial charge in [-0.25, -0.2) is 13.2 Å². The fraction of sp³-hybridized carbons (Fsp3) is 0.500. The van der Waals surface area contributed by atoms with Crippen molar-refractivity contribution < 1.29 is 23.1 Å². The maximum absolute atomic E-state index is 12.5. The maximum Gasteiger partial charge on any atom is 0.341 e. The van der Waals surface area contributed by atoms with Gasteiger partial charge in [0.1, 0.15) is 11.3 Å². The molecule has 0 heterocycles.